The number of para-hydroxylation sites is 1. The van der Waals surface area contributed by atoms with Crippen LogP contribution in [0.4, 0.5) is 0 Å². The molecule has 0 radical (unpaired) electrons. The number of benzene rings is 1. The second kappa shape index (κ2) is 15.5. The smallest absolute Gasteiger partial charge is 0.303 e. The molecule has 1 aromatic rings. The van der Waals surface area contributed by atoms with E-state index in [2.05, 4.69) is 13.0 Å². The maximum absolute atomic E-state index is 10.4. The molecule has 154 valence electrons. The highest BCUT2D eigenvalue weighted by Gasteiger charge is 2.14. The number of hydrogen-bond donors (Lipinski definition) is 2. The number of carboxylic acids is 1. The Bertz CT molecular complexity index is 498. The van der Waals surface area contributed by atoms with Gasteiger partial charge in [0.2, 0.25) is 0 Å². The highest BCUT2D eigenvalue weighted by atomic mass is 16.4. The topological polar surface area (TPSA) is 57.5 Å². The van der Waals surface area contributed by atoms with Gasteiger partial charge in [0.25, 0.3) is 0 Å². The average Bonchev–Trinajstić information content (AvgIpc) is 2.65. The zero-order valence-electron chi connectivity index (χ0n) is 17.3. The van der Waals surface area contributed by atoms with Crippen LogP contribution in [-0.2, 0) is 4.79 Å². The third-order valence-corrected chi connectivity index (χ3v) is 5.48. The molecule has 0 spiro atoms. The first-order valence-corrected chi connectivity index (χ1v) is 11.1. The Morgan fingerprint density at radius 3 is 1.89 bits per heavy atom. The van der Waals surface area contributed by atoms with Crippen LogP contribution in [0.15, 0.2) is 24.3 Å². The van der Waals surface area contributed by atoms with E-state index in [9.17, 15) is 9.90 Å². The van der Waals surface area contributed by atoms with E-state index in [0.29, 0.717) is 18.1 Å². The molecular formula is C24H40O3. The Morgan fingerprint density at radius 2 is 1.33 bits per heavy atom. The fraction of sp³-hybridized carbons (Fsp3) is 0.708. The number of hydrogen-bond acceptors (Lipinski definition) is 2. The Hall–Kier alpha value is -1.51. The number of aromatic hydroxyl groups is 1. The summed E-state index contributed by atoms with van der Waals surface area (Å²) in [4.78, 5) is 10.4. The minimum absolute atomic E-state index is 0.319. The summed E-state index contributed by atoms with van der Waals surface area (Å²) >= 11 is 0. The summed E-state index contributed by atoms with van der Waals surface area (Å²) in [6.07, 6.45) is 17.1. The Balaban J connectivity index is 2.07. The van der Waals surface area contributed by atoms with Gasteiger partial charge in [0.05, 0.1) is 0 Å². The van der Waals surface area contributed by atoms with Crippen LogP contribution in [0.3, 0.4) is 0 Å². The molecule has 0 aliphatic rings. The zero-order valence-corrected chi connectivity index (χ0v) is 17.3. The molecule has 27 heavy (non-hydrogen) atoms. The normalized spacial score (nSPS) is 12.2. The second-order valence-electron chi connectivity index (χ2n) is 7.87. The van der Waals surface area contributed by atoms with Crippen molar-refractivity contribution >= 4 is 5.97 Å². The number of rotatable bonds is 17. The van der Waals surface area contributed by atoms with Crippen molar-refractivity contribution in [2.24, 2.45) is 0 Å². The largest absolute Gasteiger partial charge is 0.508 e. The Labute approximate surface area is 166 Å². The molecule has 0 aromatic heterocycles. The molecular weight excluding hydrogens is 336 g/mol. The quantitative estimate of drug-likeness (QED) is 0.278. The molecule has 0 bridgehead atoms. The van der Waals surface area contributed by atoms with E-state index in [1.165, 1.54) is 77.0 Å². The summed E-state index contributed by atoms with van der Waals surface area (Å²) in [6.45, 7) is 2.23. The van der Waals surface area contributed by atoms with E-state index in [4.69, 9.17) is 5.11 Å². The number of phenols is 1. The zero-order chi connectivity index (χ0) is 19.7. The summed E-state index contributed by atoms with van der Waals surface area (Å²) in [5.74, 6) is 0.285. The van der Waals surface area contributed by atoms with Crippen LogP contribution in [-0.4, -0.2) is 16.2 Å². The van der Waals surface area contributed by atoms with Gasteiger partial charge in [0, 0.05) is 6.42 Å². The standard InChI is InChI=1S/C24H40O3/c1-2-3-16-21(22-18-14-15-19-23(22)25)17-12-10-8-6-4-5-7-9-11-13-20-24(26)27/h14-15,18-19,21,25H,2-13,16-17,20H2,1H3,(H,26,27). The van der Waals surface area contributed by atoms with Gasteiger partial charge in [-0.25, -0.2) is 0 Å². The first kappa shape index (κ1) is 23.5. The summed E-state index contributed by atoms with van der Waals surface area (Å²) in [5, 5.41) is 18.8. The van der Waals surface area contributed by atoms with E-state index in [-0.39, 0.29) is 0 Å². The van der Waals surface area contributed by atoms with Gasteiger partial charge in [-0.1, -0.05) is 95.8 Å². The average molecular weight is 377 g/mol. The van der Waals surface area contributed by atoms with E-state index < -0.39 is 5.97 Å². The maximum Gasteiger partial charge on any atom is 0.303 e. The third-order valence-electron chi connectivity index (χ3n) is 5.48. The van der Waals surface area contributed by atoms with Crippen LogP contribution in [0, 0.1) is 0 Å². The molecule has 0 amide bonds. The van der Waals surface area contributed by atoms with Crippen LogP contribution in [0.2, 0.25) is 0 Å². The fourth-order valence-electron chi connectivity index (χ4n) is 3.82. The van der Waals surface area contributed by atoms with Gasteiger partial charge in [-0.15, -0.1) is 0 Å². The molecule has 1 aromatic carbocycles. The summed E-state index contributed by atoms with van der Waals surface area (Å²) in [6, 6.07) is 7.85. The lowest BCUT2D eigenvalue weighted by atomic mass is 9.88. The first-order chi connectivity index (χ1) is 13.1. The van der Waals surface area contributed by atoms with Crippen LogP contribution < -0.4 is 0 Å². The fourth-order valence-corrected chi connectivity index (χ4v) is 3.82. The van der Waals surface area contributed by atoms with E-state index in [0.717, 1.165) is 18.4 Å². The van der Waals surface area contributed by atoms with Gasteiger partial charge >= 0.3 is 5.97 Å². The molecule has 0 fully saturated rings. The van der Waals surface area contributed by atoms with Gasteiger partial charge in [-0.3, -0.25) is 4.79 Å². The van der Waals surface area contributed by atoms with Crippen molar-refractivity contribution in [2.75, 3.05) is 0 Å². The molecule has 0 aliphatic heterocycles. The number of carbonyl (C=O) groups is 1. The summed E-state index contributed by atoms with van der Waals surface area (Å²) < 4.78 is 0. The van der Waals surface area contributed by atoms with Gasteiger partial charge < -0.3 is 10.2 Å². The van der Waals surface area contributed by atoms with Gasteiger partial charge in [-0.2, -0.15) is 0 Å². The molecule has 1 atom stereocenters. The van der Waals surface area contributed by atoms with Gasteiger partial charge in [0.15, 0.2) is 0 Å². The minimum Gasteiger partial charge on any atom is -0.508 e. The molecule has 0 saturated carbocycles. The lowest BCUT2D eigenvalue weighted by molar-refractivity contribution is -0.137. The van der Waals surface area contributed by atoms with Crippen molar-refractivity contribution in [1.82, 2.24) is 0 Å². The number of phenolic OH excluding ortho intramolecular Hbond substituents is 1. The molecule has 1 unspecified atom stereocenters. The molecule has 0 aliphatic carbocycles. The van der Waals surface area contributed by atoms with E-state index in [1.54, 1.807) is 0 Å². The van der Waals surface area contributed by atoms with Gasteiger partial charge in [0.1, 0.15) is 5.75 Å². The number of unbranched alkanes of at least 4 members (excludes halogenated alkanes) is 10. The highest BCUT2D eigenvalue weighted by molar-refractivity contribution is 5.66. The van der Waals surface area contributed by atoms with Crippen molar-refractivity contribution < 1.29 is 15.0 Å². The van der Waals surface area contributed by atoms with E-state index >= 15 is 0 Å². The Kier molecular flexibility index (Phi) is 13.5. The lowest BCUT2D eigenvalue weighted by Gasteiger charge is -2.18. The lowest BCUT2D eigenvalue weighted by Crippen LogP contribution is -2.00. The maximum atomic E-state index is 10.4. The summed E-state index contributed by atoms with van der Waals surface area (Å²) in [7, 11) is 0. The van der Waals surface area contributed by atoms with Gasteiger partial charge in [-0.05, 0) is 36.8 Å². The summed E-state index contributed by atoms with van der Waals surface area (Å²) in [5.41, 5.74) is 1.13. The van der Waals surface area contributed by atoms with Crippen LogP contribution in [0.25, 0.3) is 0 Å². The van der Waals surface area contributed by atoms with Crippen molar-refractivity contribution in [3.05, 3.63) is 29.8 Å². The van der Waals surface area contributed by atoms with Crippen LogP contribution >= 0.6 is 0 Å². The molecule has 3 heteroatoms. The molecule has 3 nitrogen and oxygen atoms in total. The molecule has 2 N–H and O–H groups in total. The highest BCUT2D eigenvalue weighted by Crippen LogP contribution is 2.33. The van der Waals surface area contributed by atoms with Crippen LogP contribution in [0.1, 0.15) is 115 Å². The van der Waals surface area contributed by atoms with Crippen molar-refractivity contribution in [3.8, 4) is 5.75 Å². The minimum atomic E-state index is -0.672. The Morgan fingerprint density at radius 1 is 0.815 bits per heavy atom. The molecule has 0 heterocycles. The second-order valence-corrected chi connectivity index (χ2v) is 7.87. The SMILES string of the molecule is CCCCC(CCCCCCCCCCCCC(=O)O)c1ccccc1O. The monoisotopic (exact) mass is 376 g/mol. The number of carboxylic acid groups (broad SMARTS) is 1. The van der Waals surface area contributed by atoms with Crippen molar-refractivity contribution in [2.45, 2.75) is 109 Å². The first-order valence-electron chi connectivity index (χ1n) is 11.1. The predicted octanol–water partition coefficient (Wildman–Crippen LogP) is 7.43. The van der Waals surface area contributed by atoms with Crippen LogP contribution in [0.5, 0.6) is 5.75 Å². The van der Waals surface area contributed by atoms with Crippen molar-refractivity contribution in [3.63, 3.8) is 0 Å². The predicted molar refractivity (Wildman–Crippen MR) is 113 cm³/mol. The molecule has 0 saturated heterocycles. The number of aliphatic carboxylic acids is 1. The van der Waals surface area contributed by atoms with Crippen molar-refractivity contribution in [1.29, 1.82) is 0 Å². The third kappa shape index (κ3) is 11.7. The van der Waals surface area contributed by atoms with E-state index in [1.807, 2.05) is 18.2 Å². The molecule has 1 rings (SSSR count).